The Bertz CT molecular complexity index is 842. The van der Waals surface area contributed by atoms with Crippen molar-refractivity contribution in [2.75, 3.05) is 6.61 Å². The normalized spacial score (nSPS) is 33.0. The lowest BCUT2D eigenvalue weighted by Crippen LogP contribution is -2.57. The van der Waals surface area contributed by atoms with Gasteiger partial charge in [-0.2, -0.15) is 0 Å². The topological polar surface area (TPSA) is 104 Å². The number of benzene rings is 1. The van der Waals surface area contributed by atoms with E-state index in [0.29, 0.717) is 5.92 Å². The van der Waals surface area contributed by atoms with Crippen molar-refractivity contribution in [2.45, 2.75) is 58.5 Å². The molecule has 0 aromatic heterocycles. The highest BCUT2D eigenvalue weighted by molar-refractivity contribution is 5.87. The number of hydrogen-bond donors (Lipinski definition) is 3. The van der Waals surface area contributed by atoms with Crippen molar-refractivity contribution >= 4 is 11.8 Å². The Balaban J connectivity index is 1.62. The van der Waals surface area contributed by atoms with Crippen LogP contribution in [0.25, 0.3) is 0 Å². The number of carbonyl (C=O) groups excluding carboxylic acids is 2. The molecule has 0 aliphatic heterocycles. The van der Waals surface area contributed by atoms with E-state index in [9.17, 15) is 24.9 Å². The number of rotatable bonds is 6. The maximum absolute atomic E-state index is 13.3. The second kappa shape index (κ2) is 8.42. The highest BCUT2D eigenvalue weighted by Crippen LogP contribution is 2.54. The van der Waals surface area contributed by atoms with Gasteiger partial charge in [0.05, 0.1) is 24.0 Å². The van der Waals surface area contributed by atoms with E-state index in [1.165, 1.54) is 18.2 Å². The summed E-state index contributed by atoms with van der Waals surface area (Å²) in [6, 6.07) is 3.94. The quantitative estimate of drug-likeness (QED) is 0.372. The van der Waals surface area contributed by atoms with Crippen molar-refractivity contribution in [1.29, 1.82) is 0 Å². The molecule has 2 aliphatic rings. The van der Waals surface area contributed by atoms with Gasteiger partial charge in [0.15, 0.2) is 0 Å². The van der Waals surface area contributed by atoms with E-state index in [0.717, 1.165) is 19.3 Å². The highest BCUT2D eigenvalue weighted by atomic mass is 16.5. The molecule has 0 bridgehead atoms. The van der Waals surface area contributed by atoms with Gasteiger partial charge >= 0.3 is 5.97 Å². The molecule has 6 heteroatoms. The Hall–Kier alpha value is -2.34. The fourth-order valence-electron chi connectivity index (χ4n) is 5.14. The van der Waals surface area contributed by atoms with E-state index < -0.39 is 17.0 Å². The predicted octanol–water partition coefficient (Wildman–Crippen LogP) is 3.52. The van der Waals surface area contributed by atoms with E-state index in [2.05, 4.69) is 13.0 Å². The van der Waals surface area contributed by atoms with Gasteiger partial charge in [-0.15, -0.1) is 0 Å². The van der Waals surface area contributed by atoms with Crippen molar-refractivity contribution in [1.82, 2.24) is 0 Å². The van der Waals surface area contributed by atoms with Crippen LogP contribution in [0.1, 0.15) is 52.0 Å². The fraction of sp³-hybridized carbons (Fsp3) is 0.583. The zero-order valence-electron chi connectivity index (χ0n) is 17.9. The van der Waals surface area contributed by atoms with Gasteiger partial charge in [-0.3, -0.25) is 9.59 Å². The molecule has 0 radical (unpaired) electrons. The molecule has 3 rings (SSSR count). The first kappa shape index (κ1) is 22.3. The number of allylic oxidation sites excluding steroid dienone is 1. The second-order valence-corrected chi connectivity index (χ2v) is 9.28. The third-order valence-corrected chi connectivity index (χ3v) is 7.19. The number of carbonyl (C=O) groups is 2. The molecule has 0 heterocycles. The lowest BCUT2D eigenvalue weighted by molar-refractivity contribution is -0.155. The standard InChI is InChI=1S/C24H32O6/c1-15-4-6-19-16(12-15)8-10-23(2,29)24(19,3)21(27)9-11-30-22(28)14-17-13-18(25)5-7-20(17)26/h5,7-8,10,13,15-16,19,25-26,29H,4,6,9,11-12,14H2,1-3H3/t15-,16-,19-,23+,24-/m0/s1. The van der Waals surface area contributed by atoms with Gasteiger partial charge in [-0.1, -0.05) is 25.5 Å². The number of Topliss-reactive ketones (excluding diaryl/α,β-unsaturated/α-hetero) is 1. The Morgan fingerprint density at radius 1 is 1.20 bits per heavy atom. The van der Waals surface area contributed by atoms with Crippen LogP contribution in [0.2, 0.25) is 0 Å². The smallest absolute Gasteiger partial charge is 0.310 e. The third kappa shape index (κ3) is 4.24. The molecule has 3 N–H and O–H groups in total. The molecule has 6 nitrogen and oxygen atoms in total. The largest absolute Gasteiger partial charge is 0.508 e. The van der Waals surface area contributed by atoms with Gasteiger partial charge in [0.25, 0.3) is 0 Å². The van der Waals surface area contributed by atoms with Crippen LogP contribution in [0.15, 0.2) is 30.4 Å². The SMILES string of the molecule is C[C@H]1CC[C@H]2[C@@H](C=C[C@@](C)(O)[C@]2(C)C(=O)CCOC(=O)Cc2cc(O)ccc2O)C1. The number of phenols is 2. The monoisotopic (exact) mass is 416 g/mol. The summed E-state index contributed by atoms with van der Waals surface area (Å²) in [5.74, 6) is 0.106. The molecule has 1 saturated carbocycles. The van der Waals surface area contributed by atoms with Gasteiger partial charge < -0.3 is 20.1 Å². The summed E-state index contributed by atoms with van der Waals surface area (Å²) in [6.07, 6.45) is 6.60. The molecule has 0 saturated heterocycles. The van der Waals surface area contributed by atoms with Crippen LogP contribution in [0, 0.1) is 23.2 Å². The van der Waals surface area contributed by atoms with Crippen LogP contribution in [0.4, 0.5) is 0 Å². The van der Waals surface area contributed by atoms with Crippen LogP contribution >= 0.6 is 0 Å². The Morgan fingerprint density at radius 2 is 1.93 bits per heavy atom. The molecule has 0 amide bonds. The van der Waals surface area contributed by atoms with Crippen LogP contribution in [0.3, 0.4) is 0 Å². The number of hydrogen-bond acceptors (Lipinski definition) is 6. The maximum atomic E-state index is 13.3. The molecular formula is C24H32O6. The number of phenolic OH excluding ortho intramolecular Hbond substituents is 2. The van der Waals surface area contributed by atoms with Crippen molar-refractivity contribution in [2.24, 2.45) is 23.2 Å². The van der Waals surface area contributed by atoms with E-state index in [1.807, 2.05) is 6.92 Å². The van der Waals surface area contributed by atoms with Crippen molar-refractivity contribution in [3.8, 4) is 11.5 Å². The molecule has 1 fully saturated rings. The zero-order chi connectivity index (χ0) is 22.1. The highest BCUT2D eigenvalue weighted by Gasteiger charge is 2.56. The summed E-state index contributed by atoms with van der Waals surface area (Å²) in [4.78, 5) is 25.4. The van der Waals surface area contributed by atoms with Gasteiger partial charge in [0.2, 0.25) is 0 Å². The van der Waals surface area contributed by atoms with Crippen molar-refractivity contribution in [3.63, 3.8) is 0 Å². The molecular weight excluding hydrogens is 384 g/mol. The summed E-state index contributed by atoms with van der Waals surface area (Å²) in [5, 5.41) is 30.3. The molecule has 164 valence electrons. The lowest BCUT2D eigenvalue weighted by Gasteiger charge is -2.53. The lowest BCUT2D eigenvalue weighted by atomic mass is 9.52. The molecule has 0 spiro atoms. The fourth-order valence-corrected chi connectivity index (χ4v) is 5.14. The average molecular weight is 417 g/mol. The first-order valence-corrected chi connectivity index (χ1v) is 10.7. The van der Waals surface area contributed by atoms with Gasteiger partial charge in [0.1, 0.15) is 17.3 Å². The predicted molar refractivity (Wildman–Crippen MR) is 112 cm³/mol. The number of ether oxygens (including phenoxy) is 1. The summed E-state index contributed by atoms with van der Waals surface area (Å²) in [5.41, 5.74) is -1.91. The molecule has 2 aliphatic carbocycles. The minimum absolute atomic E-state index is 0.0248. The number of fused-ring (bicyclic) bond motifs is 1. The Labute approximate surface area is 177 Å². The first-order chi connectivity index (χ1) is 14.0. The van der Waals surface area contributed by atoms with Gasteiger partial charge in [0, 0.05) is 12.0 Å². The molecule has 1 aromatic carbocycles. The Kier molecular flexibility index (Phi) is 6.27. The number of aliphatic hydroxyl groups is 1. The van der Waals surface area contributed by atoms with Crippen LogP contribution in [-0.4, -0.2) is 39.3 Å². The van der Waals surface area contributed by atoms with E-state index in [1.54, 1.807) is 13.0 Å². The van der Waals surface area contributed by atoms with E-state index >= 15 is 0 Å². The average Bonchev–Trinajstić information content (AvgIpc) is 2.67. The van der Waals surface area contributed by atoms with Crippen LogP contribution in [-0.2, 0) is 20.7 Å². The van der Waals surface area contributed by atoms with Gasteiger partial charge in [-0.25, -0.2) is 0 Å². The minimum Gasteiger partial charge on any atom is -0.508 e. The molecule has 0 unspecified atom stereocenters. The van der Waals surface area contributed by atoms with Gasteiger partial charge in [-0.05, 0) is 62.6 Å². The van der Waals surface area contributed by atoms with Crippen LogP contribution in [0.5, 0.6) is 11.5 Å². The summed E-state index contributed by atoms with van der Waals surface area (Å²) >= 11 is 0. The summed E-state index contributed by atoms with van der Waals surface area (Å²) in [6.45, 7) is 5.67. The van der Waals surface area contributed by atoms with Crippen molar-refractivity contribution in [3.05, 3.63) is 35.9 Å². The van der Waals surface area contributed by atoms with Crippen molar-refractivity contribution < 1.29 is 29.6 Å². The first-order valence-electron chi connectivity index (χ1n) is 10.7. The van der Waals surface area contributed by atoms with Crippen LogP contribution < -0.4 is 0 Å². The van der Waals surface area contributed by atoms with E-state index in [-0.39, 0.29) is 54.1 Å². The maximum Gasteiger partial charge on any atom is 0.310 e. The summed E-state index contributed by atoms with van der Waals surface area (Å²) in [7, 11) is 0. The second-order valence-electron chi connectivity index (χ2n) is 9.28. The Morgan fingerprint density at radius 3 is 2.67 bits per heavy atom. The molecule has 1 aromatic rings. The molecule has 30 heavy (non-hydrogen) atoms. The zero-order valence-corrected chi connectivity index (χ0v) is 17.9. The number of esters is 1. The number of ketones is 1. The van der Waals surface area contributed by atoms with E-state index in [4.69, 9.17) is 4.74 Å². The third-order valence-electron chi connectivity index (χ3n) is 7.19. The molecule has 5 atom stereocenters. The summed E-state index contributed by atoms with van der Waals surface area (Å²) < 4.78 is 5.22. The minimum atomic E-state index is -1.25. The number of aromatic hydroxyl groups is 2.